The molecule has 2 rings (SSSR count). The van der Waals surface area contributed by atoms with Gasteiger partial charge in [-0.05, 0) is 30.2 Å². The molecule has 0 bridgehead atoms. The van der Waals surface area contributed by atoms with E-state index in [0.29, 0.717) is 6.61 Å². The van der Waals surface area contributed by atoms with Gasteiger partial charge < -0.3 is 4.74 Å². The van der Waals surface area contributed by atoms with E-state index in [1.807, 2.05) is 43.6 Å². The summed E-state index contributed by atoms with van der Waals surface area (Å²) in [7, 11) is 0. The molecule has 1 N–H and O–H groups in total. The molecule has 1 aromatic heterocycles. The molecule has 2 aromatic rings. The molecule has 0 amide bonds. The summed E-state index contributed by atoms with van der Waals surface area (Å²) in [6.07, 6.45) is 8.00. The Kier molecular flexibility index (Phi) is 3.92. The van der Waals surface area contributed by atoms with E-state index in [0.717, 1.165) is 5.75 Å². The largest absolute Gasteiger partial charge is 0.494 e. The molecule has 2 heteroatoms. The normalized spacial score (nSPS) is 10.6. The van der Waals surface area contributed by atoms with Crippen molar-refractivity contribution in [2.75, 3.05) is 6.61 Å². The Morgan fingerprint density at radius 1 is 0.941 bits per heavy atom. The Balaban J connectivity index is 2.06. The highest BCUT2D eigenvalue weighted by Gasteiger charge is 1.92. The minimum absolute atomic E-state index is 0.704. The maximum absolute atomic E-state index is 5.40. The van der Waals surface area contributed by atoms with Gasteiger partial charge in [-0.2, -0.15) is 0 Å². The minimum Gasteiger partial charge on any atom is -0.494 e. The number of ether oxygens (including phenoxy) is 1. The number of H-pyrrole nitrogens is 1. The average molecular weight is 226 g/mol. The highest BCUT2D eigenvalue weighted by atomic mass is 16.5. The molecule has 17 heavy (non-hydrogen) atoms. The molecule has 2 nitrogen and oxygen atoms in total. The van der Waals surface area contributed by atoms with Crippen molar-refractivity contribution in [2.24, 2.45) is 0 Å². The fraction of sp³-hybridized carbons (Fsp3) is 0.133. The maximum atomic E-state index is 5.40. The lowest BCUT2D eigenvalue weighted by molar-refractivity contribution is -0.378. The molecule has 0 aliphatic heterocycles. The van der Waals surface area contributed by atoms with Crippen LogP contribution in [-0.4, -0.2) is 6.61 Å². The molecular weight excluding hydrogens is 210 g/mol. The number of benzene rings is 1. The topological polar surface area (TPSA) is 23.4 Å². The van der Waals surface area contributed by atoms with Crippen molar-refractivity contribution in [3.63, 3.8) is 0 Å². The van der Waals surface area contributed by atoms with Crippen LogP contribution in [0.4, 0.5) is 0 Å². The molecule has 0 saturated carbocycles. The van der Waals surface area contributed by atoms with Crippen molar-refractivity contribution >= 4 is 12.2 Å². The van der Waals surface area contributed by atoms with Gasteiger partial charge in [-0.1, -0.05) is 24.3 Å². The van der Waals surface area contributed by atoms with E-state index in [2.05, 4.69) is 29.3 Å². The summed E-state index contributed by atoms with van der Waals surface area (Å²) in [5, 5.41) is 0. The van der Waals surface area contributed by atoms with Crippen LogP contribution in [0.3, 0.4) is 0 Å². The van der Waals surface area contributed by atoms with Crippen molar-refractivity contribution in [1.29, 1.82) is 0 Å². The molecule has 0 saturated heterocycles. The highest BCUT2D eigenvalue weighted by Crippen LogP contribution is 2.14. The van der Waals surface area contributed by atoms with Crippen LogP contribution in [0, 0.1) is 0 Å². The summed E-state index contributed by atoms with van der Waals surface area (Å²) in [5.74, 6) is 0.916. The fourth-order valence-electron chi connectivity index (χ4n) is 1.55. The molecule has 0 fully saturated rings. The Morgan fingerprint density at radius 2 is 1.53 bits per heavy atom. The summed E-state index contributed by atoms with van der Waals surface area (Å²) in [6.45, 7) is 2.69. The van der Waals surface area contributed by atoms with Gasteiger partial charge in [0.25, 0.3) is 0 Å². The zero-order valence-corrected chi connectivity index (χ0v) is 9.89. The highest BCUT2D eigenvalue weighted by molar-refractivity contribution is 5.69. The Bertz CT molecular complexity index is 474. The molecule has 86 valence electrons. The van der Waals surface area contributed by atoms with E-state index in [1.54, 1.807) is 0 Å². The first-order chi connectivity index (χ1) is 8.38. The zero-order valence-electron chi connectivity index (χ0n) is 9.89. The van der Waals surface area contributed by atoms with Crippen molar-refractivity contribution in [2.45, 2.75) is 6.92 Å². The predicted molar refractivity (Wildman–Crippen MR) is 69.5 cm³/mol. The van der Waals surface area contributed by atoms with Crippen LogP contribution in [-0.2, 0) is 0 Å². The molecule has 0 unspecified atom stereocenters. The molecular formula is C15H16NO+. The van der Waals surface area contributed by atoms with Gasteiger partial charge in [0.05, 0.1) is 6.61 Å². The molecule has 0 spiro atoms. The lowest BCUT2D eigenvalue weighted by Crippen LogP contribution is -1.96. The van der Waals surface area contributed by atoms with Gasteiger partial charge in [0, 0.05) is 12.1 Å². The summed E-state index contributed by atoms with van der Waals surface area (Å²) in [4.78, 5) is 3.00. The summed E-state index contributed by atoms with van der Waals surface area (Å²) >= 11 is 0. The van der Waals surface area contributed by atoms with Gasteiger partial charge in [-0.15, -0.1) is 0 Å². The SMILES string of the molecule is CCOc1ccc(/C=C/c2cc[nH+]cc2)cc1. The summed E-state index contributed by atoms with van der Waals surface area (Å²) in [6, 6.07) is 12.1. The smallest absolute Gasteiger partial charge is 0.167 e. The minimum atomic E-state index is 0.704. The molecule has 0 radical (unpaired) electrons. The number of hydrogen-bond acceptors (Lipinski definition) is 1. The Hall–Kier alpha value is -2.09. The second kappa shape index (κ2) is 5.85. The second-order valence-electron chi connectivity index (χ2n) is 3.67. The third-order valence-corrected chi connectivity index (χ3v) is 2.40. The molecule has 1 heterocycles. The summed E-state index contributed by atoms with van der Waals surface area (Å²) < 4.78 is 5.40. The van der Waals surface area contributed by atoms with E-state index >= 15 is 0 Å². The first-order valence-corrected chi connectivity index (χ1v) is 5.75. The molecule has 0 atom stereocenters. The van der Waals surface area contributed by atoms with E-state index in [1.165, 1.54) is 11.1 Å². The van der Waals surface area contributed by atoms with Gasteiger partial charge in [-0.3, -0.25) is 0 Å². The van der Waals surface area contributed by atoms with E-state index < -0.39 is 0 Å². The third kappa shape index (κ3) is 3.45. The number of aromatic amines is 1. The van der Waals surface area contributed by atoms with Crippen LogP contribution in [0.15, 0.2) is 48.8 Å². The van der Waals surface area contributed by atoms with Gasteiger partial charge in [0.15, 0.2) is 12.4 Å². The first kappa shape index (κ1) is 11.4. The second-order valence-corrected chi connectivity index (χ2v) is 3.67. The van der Waals surface area contributed by atoms with E-state index in [4.69, 9.17) is 4.74 Å². The zero-order chi connectivity index (χ0) is 11.9. The van der Waals surface area contributed by atoms with Crippen molar-refractivity contribution in [3.05, 3.63) is 59.9 Å². The van der Waals surface area contributed by atoms with Crippen LogP contribution in [0.1, 0.15) is 18.1 Å². The maximum Gasteiger partial charge on any atom is 0.167 e. The number of nitrogens with one attached hydrogen (secondary N) is 1. The van der Waals surface area contributed by atoms with Crippen LogP contribution < -0.4 is 9.72 Å². The summed E-state index contributed by atoms with van der Waals surface area (Å²) in [5.41, 5.74) is 2.35. The average Bonchev–Trinajstić information content (AvgIpc) is 2.40. The fourth-order valence-corrected chi connectivity index (χ4v) is 1.55. The predicted octanol–water partition coefficient (Wildman–Crippen LogP) is 3.07. The first-order valence-electron chi connectivity index (χ1n) is 5.75. The van der Waals surface area contributed by atoms with E-state index in [9.17, 15) is 0 Å². The van der Waals surface area contributed by atoms with Crippen LogP contribution in [0.5, 0.6) is 5.75 Å². The van der Waals surface area contributed by atoms with Gasteiger partial charge in [0.2, 0.25) is 0 Å². The Labute approximate surface area is 102 Å². The Morgan fingerprint density at radius 3 is 2.12 bits per heavy atom. The molecule has 0 aliphatic rings. The van der Waals surface area contributed by atoms with E-state index in [-0.39, 0.29) is 0 Å². The number of pyridine rings is 1. The standard InChI is InChI=1S/C15H15NO/c1-2-17-15-7-5-13(6-8-15)3-4-14-9-11-16-12-10-14/h3-12H,2H2,1H3/p+1/b4-3+. The lowest BCUT2D eigenvalue weighted by atomic mass is 10.1. The van der Waals surface area contributed by atoms with Gasteiger partial charge in [0.1, 0.15) is 5.75 Å². The van der Waals surface area contributed by atoms with Crippen LogP contribution >= 0.6 is 0 Å². The quantitative estimate of drug-likeness (QED) is 0.785. The third-order valence-electron chi connectivity index (χ3n) is 2.40. The lowest BCUT2D eigenvalue weighted by Gasteiger charge is -2.02. The molecule has 0 aliphatic carbocycles. The van der Waals surface area contributed by atoms with Crippen molar-refractivity contribution in [3.8, 4) is 5.75 Å². The van der Waals surface area contributed by atoms with Crippen LogP contribution in [0.25, 0.3) is 12.2 Å². The number of hydrogen-bond donors (Lipinski definition) is 0. The van der Waals surface area contributed by atoms with Crippen molar-refractivity contribution in [1.82, 2.24) is 0 Å². The monoisotopic (exact) mass is 226 g/mol. The number of rotatable bonds is 4. The number of aromatic nitrogens is 1. The van der Waals surface area contributed by atoms with Gasteiger partial charge >= 0.3 is 0 Å². The molecule has 1 aromatic carbocycles. The van der Waals surface area contributed by atoms with Gasteiger partial charge in [-0.25, -0.2) is 4.98 Å². The van der Waals surface area contributed by atoms with Crippen LogP contribution in [0.2, 0.25) is 0 Å². The van der Waals surface area contributed by atoms with Crippen molar-refractivity contribution < 1.29 is 9.72 Å².